The molecule has 1 fully saturated rings. The first-order chi connectivity index (χ1) is 15.0. The lowest BCUT2D eigenvalue weighted by atomic mass is 10.1. The van der Waals surface area contributed by atoms with E-state index < -0.39 is 6.04 Å². The predicted molar refractivity (Wildman–Crippen MR) is 123 cm³/mol. The Hall–Kier alpha value is -3.12. The highest BCUT2D eigenvalue weighted by Crippen LogP contribution is 2.19. The summed E-state index contributed by atoms with van der Waals surface area (Å²) < 4.78 is 5.38. The highest BCUT2D eigenvalue weighted by Gasteiger charge is 2.31. The fraction of sp³-hybridized carbons (Fsp3) is 0.360. The number of carbonyl (C=O) groups excluding carboxylic acids is 2. The van der Waals surface area contributed by atoms with Crippen LogP contribution in [0.4, 0.5) is 0 Å². The van der Waals surface area contributed by atoms with Gasteiger partial charge in [-0.15, -0.1) is 0 Å². The van der Waals surface area contributed by atoms with Crippen molar-refractivity contribution in [2.75, 3.05) is 33.8 Å². The minimum Gasteiger partial charge on any atom is -0.496 e. The van der Waals surface area contributed by atoms with Crippen LogP contribution in [-0.4, -0.2) is 61.4 Å². The molecule has 2 amide bonds. The van der Waals surface area contributed by atoms with Crippen molar-refractivity contribution in [3.8, 4) is 5.75 Å². The van der Waals surface area contributed by atoms with Crippen molar-refractivity contribution in [3.05, 3.63) is 71.3 Å². The summed E-state index contributed by atoms with van der Waals surface area (Å²) in [4.78, 5) is 29.1. The van der Waals surface area contributed by atoms with Crippen molar-refractivity contribution in [2.45, 2.75) is 25.9 Å². The number of aryl methyl sites for hydroxylation is 1. The number of hydrogen-bond donors (Lipinski definition) is 1. The molecule has 31 heavy (non-hydrogen) atoms. The number of nitrogens with zero attached hydrogens (tertiary/aromatic N) is 2. The number of hydrogen-bond acceptors (Lipinski definition) is 4. The fourth-order valence-electron chi connectivity index (χ4n) is 3.70. The second-order valence-electron chi connectivity index (χ2n) is 7.89. The highest BCUT2D eigenvalue weighted by atomic mass is 16.5. The van der Waals surface area contributed by atoms with E-state index in [4.69, 9.17) is 4.74 Å². The summed E-state index contributed by atoms with van der Waals surface area (Å²) in [7, 11) is 3.44. The minimum absolute atomic E-state index is 0.0404. The SMILES string of the molecule is COc1ccccc1/C=C/CN1CCNC(=O)[C@@H]1CC(=O)N(C)Cc1ccc(C)cc1. The lowest BCUT2D eigenvalue weighted by Gasteiger charge is -2.34. The first-order valence-electron chi connectivity index (χ1n) is 10.6. The van der Waals surface area contributed by atoms with Gasteiger partial charge in [-0.25, -0.2) is 0 Å². The zero-order valence-corrected chi connectivity index (χ0v) is 18.5. The maximum atomic E-state index is 12.8. The van der Waals surface area contributed by atoms with E-state index in [0.717, 1.165) is 16.9 Å². The summed E-state index contributed by atoms with van der Waals surface area (Å²) in [5, 5.41) is 2.89. The third-order valence-corrected chi connectivity index (χ3v) is 5.55. The van der Waals surface area contributed by atoms with Gasteiger partial charge < -0.3 is 15.0 Å². The van der Waals surface area contributed by atoms with Crippen LogP contribution >= 0.6 is 0 Å². The number of piperazine rings is 1. The monoisotopic (exact) mass is 421 g/mol. The Kier molecular flexibility index (Phi) is 7.84. The van der Waals surface area contributed by atoms with Gasteiger partial charge in [-0.1, -0.05) is 60.2 Å². The molecule has 1 saturated heterocycles. The van der Waals surface area contributed by atoms with Gasteiger partial charge in [0.25, 0.3) is 0 Å². The van der Waals surface area contributed by atoms with E-state index in [2.05, 4.69) is 10.2 Å². The summed E-state index contributed by atoms with van der Waals surface area (Å²) in [5.41, 5.74) is 3.25. The Morgan fingerprint density at radius 3 is 2.71 bits per heavy atom. The van der Waals surface area contributed by atoms with Gasteiger partial charge in [-0.2, -0.15) is 0 Å². The van der Waals surface area contributed by atoms with Crippen LogP contribution in [0.2, 0.25) is 0 Å². The number of nitrogens with one attached hydrogen (secondary N) is 1. The molecule has 3 rings (SSSR count). The van der Waals surface area contributed by atoms with Crippen molar-refractivity contribution in [1.29, 1.82) is 0 Å². The lowest BCUT2D eigenvalue weighted by Crippen LogP contribution is -2.56. The number of carbonyl (C=O) groups is 2. The van der Waals surface area contributed by atoms with Gasteiger partial charge in [0.15, 0.2) is 0 Å². The van der Waals surface area contributed by atoms with Crippen molar-refractivity contribution >= 4 is 17.9 Å². The summed E-state index contributed by atoms with van der Waals surface area (Å²) in [5.74, 6) is 0.676. The van der Waals surface area contributed by atoms with Crippen LogP contribution in [0.15, 0.2) is 54.6 Å². The number of methoxy groups -OCH3 is 1. The lowest BCUT2D eigenvalue weighted by molar-refractivity contribution is -0.138. The predicted octanol–water partition coefficient (Wildman–Crippen LogP) is 2.87. The molecule has 0 spiro atoms. The van der Waals surface area contributed by atoms with Crippen LogP contribution in [0.5, 0.6) is 5.75 Å². The molecule has 0 unspecified atom stereocenters. The topological polar surface area (TPSA) is 61.9 Å². The molecule has 0 radical (unpaired) electrons. The Balaban J connectivity index is 1.61. The van der Waals surface area contributed by atoms with Gasteiger partial charge in [0.05, 0.1) is 19.6 Å². The quantitative estimate of drug-likeness (QED) is 0.712. The molecule has 1 atom stereocenters. The van der Waals surface area contributed by atoms with Gasteiger partial charge in [0.2, 0.25) is 11.8 Å². The Morgan fingerprint density at radius 1 is 1.23 bits per heavy atom. The van der Waals surface area contributed by atoms with E-state index in [-0.39, 0.29) is 18.2 Å². The molecule has 0 aliphatic carbocycles. The van der Waals surface area contributed by atoms with Gasteiger partial charge in [-0.3, -0.25) is 14.5 Å². The molecule has 0 saturated carbocycles. The second-order valence-corrected chi connectivity index (χ2v) is 7.89. The van der Waals surface area contributed by atoms with Crippen molar-refractivity contribution in [2.24, 2.45) is 0 Å². The van der Waals surface area contributed by atoms with E-state index >= 15 is 0 Å². The molecule has 0 aromatic heterocycles. The van der Waals surface area contributed by atoms with Crippen LogP contribution in [0.3, 0.4) is 0 Å². The number of para-hydroxylation sites is 1. The standard InChI is InChI=1S/C25H31N3O3/c1-19-10-12-20(13-11-19)18-27(2)24(29)17-22-25(30)26-14-16-28(22)15-6-8-21-7-4-5-9-23(21)31-3/h4-13,22H,14-18H2,1-3H3,(H,26,30)/b8-6+/t22-/m0/s1. The molecule has 0 bridgehead atoms. The number of ether oxygens (including phenoxy) is 1. The summed E-state index contributed by atoms with van der Waals surface area (Å²) in [6.45, 7) is 4.45. The van der Waals surface area contributed by atoms with Crippen molar-refractivity contribution in [3.63, 3.8) is 0 Å². The molecule has 2 aromatic carbocycles. The largest absolute Gasteiger partial charge is 0.496 e. The maximum Gasteiger partial charge on any atom is 0.237 e. The summed E-state index contributed by atoms with van der Waals surface area (Å²) in [6.07, 6.45) is 4.17. The molecular weight excluding hydrogens is 390 g/mol. The van der Waals surface area contributed by atoms with Crippen LogP contribution < -0.4 is 10.1 Å². The molecule has 1 N–H and O–H groups in total. The summed E-state index contributed by atoms with van der Waals surface area (Å²) in [6, 6.07) is 15.5. The smallest absolute Gasteiger partial charge is 0.237 e. The average molecular weight is 422 g/mol. The van der Waals surface area contributed by atoms with Crippen LogP contribution in [-0.2, 0) is 16.1 Å². The molecule has 6 heteroatoms. The van der Waals surface area contributed by atoms with Crippen molar-refractivity contribution < 1.29 is 14.3 Å². The van der Waals surface area contributed by atoms with Crippen LogP contribution in [0, 0.1) is 6.92 Å². The Bertz CT molecular complexity index is 924. The zero-order chi connectivity index (χ0) is 22.2. The first kappa shape index (κ1) is 22.6. The molecule has 164 valence electrons. The third-order valence-electron chi connectivity index (χ3n) is 5.55. The van der Waals surface area contributed by atoms with Crippen molar-refractivity contribution in [1.82, 2.24) is 15.1 Å². The normalized spacial score (nSPS) is 16.9. The number of rotatable bonds is 8. The molecule has 1 heterocycles. The molecule has 1 aliphatic rings. The van der Waals surface area contributed by atoms with Crippen LogP contribution in [0.1, 0.15) is 23.1 Å². The minimum atomic E-state index is -0.468. The van der Waals surface area contributed by atoms with Gasteiger partial charge >= 0.3 is 0 Å². The number of benzene rings is 2. The Labute approximate surface area is 184 Å². The zero-order valence-electron chi connectivity index (χ0n) is 18.5. The van der Waals surface area contributed by atoms with E-state index in [1.54, 1.807) is 19.1 Å². The highest BCUT2D eigenvalue weighted by molar-refractivity contribution is 5.88. The van der Waals surface area contributed by atoms with Gasteiger partial charge in [0, 0.05) is 38.8 Å². The van der Waals surface area contributed by atoms with E-state index in [1.165, 1.54) is 5.56 Å². The molecule has 1 aliphatic heterocycles. The third kappa shape index (κ3) is 6.18. The maximum absolute atomic E-state index is 12.8. The first-order valence-corrected chi connectivity index (χ1v) is 10.6. The fourth-order valence-corrected chi connectivity index (χ4v) is 3.70. The van der Waals surface area contributed by atoms with E-state index in [0.29, 0.717) is 26.2 Å². The van der Waals surface area contributed by atoms with E-state index in [9.17, 15) is 9.59 Å². The molecule has 2 aromatic rings. The second kappa shape index (κ2) is 10.8. The average Bonchev–Trinajstić information content (AvgIpc) is 2.77. The molecular formula is C25H31N3O3. The Morgan fingerprint density at radius 2 is 1.97 bits per heavy atom. The number of amides is 2. The molecule has 6 nitrogen and oxygen atoms in total. The summed E-state index contributed by atoms with van der Waals surface area (Å²) >= 11 is 0. The van der Waals surface area contributed by atoms with E-state index in [1.807, 2.05) is 67.6 Å². The van der Waals surface area contributed by atoms with Gasteiger partial charge in [0.1, 0.15) is 5.75 Å². The van der Waals surface area contributed by atoms with Gasteiger partial charge in [-0.05, 0) is 18.6 Å². The van der Waals surface area contributed by atoms with Crippen LogP contribution in [0.25, 0.3) is 6.08 Å².